The Morgan fingerprint density at radius 3 is 3.43 bits per heavy atom. The third-order valence-electron chi connectivity index (χ3n) is 0.944. The fourth-order valence-corrected chi connectivity index (χ4v) is 0.560. The molecule has 0 aliphatic carbocycles. The maximum atomic E-state index is 4.98. The minimum Gasteiger partial charge on any atom is -0.502 e. The molecule has 39 valence electrons. The van der Waals surface area contributed by atoms with Gasteiger partial charge in [-0.05, 0) is 25.3 Å². The van der Waals surface area contributed by atoms with Gasteiger partial charge in [-0.15, -0.1) is 0 Å². The van der Waals surface area contributed by atoms with Crippen LogP contribution in [0.4, 0.5) is 0 Å². The zero-order valence-electron chi connectivity index (χ0n) is 4.26. The number of hydrogen-bond acceptors (Lipinski definition) is 1. The van der Waals surface area contributed by atoms with Crippen LogP contribution in [0.5, 0.6) is 0 Å². The van der Waals surface area contributed by atoms with Crippen LogP contribution in [0.25, 0.3) is 0 Å². The van der Waals surface area contributed by atoms with E-state index in [1.165, 1.54) is 0 Å². The fourth-order valence-electron chi connectivity index (χ4n) is 0.560. The van der Waals surface area contributed by atoms with E-state index in [4.69, 9.17) is 4.74 Å². The Labute approximate surface area is 44.0 Å². The lowest BCUT2D eigenvalue weighted by molar-refractivity contribution is 0.250. The molecular formula is C6H9O. The number of rotatable bonds is 0. The van der Waals surface area contributed by atoms with Gasteiger partial charge in [0.1, 0.15) is 0 Å². The molecule has 0 saturated carbocycles. The Balaban J connectivity index is 2.20. The van der Waals surface area contributed by atoms with Crippen LogP contribution in [0.15, 0.2) is 12.3 Å². The average molecular weight is 97.1 g/mol. The quantitative estimate of drug-likeness (QED) is 0.445. The van der Waals surface area contributed by atoms with Crippen LogP contribution >= 0.6 is 0 Å². The molecule has 1 heterocycles. The van der Waals surface area contributed by atoms with E-state index in [1.807, 2.05) is 6.08 Å². The predicted octanol–water partition coefficient (Wildman–Crippen LogP) is 1.51. The van der Waals surface area contributed by atoms with Gasteiger partial charge in [-0.1, -0.05) is 0 Å². The fraction of sp³-hybridized carbons (Fsp3) is 0.500. The van der Waals surface area contributed by atoms with Crippen molar-refractivity contribution in [1.29, 1.82) is 0 Å². The summed E-state index contributed by atoms with van der Waals surface area (Å²) in [6.07, 6.45) is 8.14. The zero-order chi connectivity index (χ0) is 4.95. The smallest absolute Gasteiger partial charge is 0.0873 e. The van der Waals surface area contributed by atoms with E-state index in [-0.39, 0.29) is 0 Å². The molecule has 0 bridgehead atoms. The Hall–Kier alpha value is -0.460. The normalized spacial score (nSPS) is 20.6. The first-order valence-corrected chi connectivity index (χ1v) is 2.60. The summed E-state index contributed by atoms with van der Waals surface area (Å²) in [7, 11) is 0. The van der Waals surface area contributed by atoms with Gasteiger partial charge in [0, 0.05) is 0 Å². The van der Waals surface area contributed by atoms with Crippen molar-refractivity contribution in [1.82, 2.24) is 0 Å². The third kappa shape index (κ3) is 1.62. The van der Waals surface area contributed by atoms with E-state index in [0.29, 0.717) is 0 Å². The maximum Gasteiger partial charge on any atom is 0.0873 e. The van der Waals surface area contributed by atoms with Crippen molar-refractivity contribution in [3.63, 3.8) is 0 Å². The van der Waals surface area contributed by atoms with E-state index >= 15 is 0 Å². The molecule has 1 nitrogen and oxygen atoms in total. The van der Waals surface area contributed by atoms with Crippen LogP contribution in [0.3, 0.4) is 0 Å². The van der Waals surface area contributed by atoms with Crippen LogP contribution in [-0.2, 0) is 4.74 Å². The van der Waals surface area contributed by atoms with Crippen molar-refractivity contribution in [3.05, 3.63) is 18.8 Å². The molecule has 1 aliphatic rings. The second-order valence-corrected chi connectivity index (χ2v) is 1.58. The van der Waals surface area contributed by atoms with Crippen LogP contribution in [0, 0.1) is 6.42 Å². The highest BCUT2D eigenvalue weighted by atomic mass is 16.5. The van der Waals surface area contributed by atoms with Crippen molar-refractivity contribution >= 4 is 0 Å². The van der Waals surface area contributed by atoms with Gasteiger partial charge in [0.05, 0.1) is 12.9 Å². The lowest BCUT2D eigenvalue weighted by atomic mass is 10.2. The molecule has 7 heavy (non-hydrogen) atoms. The lowest BCUT2D eigenvalue weighted by Gasteiger charge is -1.90. The molecule has 0 atom stereocenters. The highest BCUT2D eigenvalue weighted by molar-refractivity contribution is 4.91. The van der Waals surface area contributed by atoms with Crippen molar-refractivity contribution < 1.29 is 4.74 Å². The Kier molecular flexibility index (Phi) is 1.79. The molecule has 0 unspecified atom stereocenters. The molecule has 1 heteroatoms. The molecule has 1 radical (unpaired) electrons. The number of allylic oxidation sites excluding steroid dienone is 1. The van der Waals surface area contributed by atoms with Crippen LogP contribution < -0.4 is 0 Å². The van der Waals surface area contributed by atoms with Crippen LogP contribution in [0.1, 0.15) is 12.8 Å². The first-order chi connectivity index (χ1) is 3.50. The summed E-state index contributed by atoms with van der Waals surface area (Å²) in [5, 5.41) is 0. The van der Waals surface area contributed by atoms with Crippen LogP contribution in [0.2, 0.25) is 0 Å². The highest BCUT2D eigenvalue weighted by Gasteiger charge is 1.88. The van der Waals surface area contributed by atoms with Gasteiger partial charge in [0.15, 0.2) is 0 Å². The van der Waals surface area contributed by atoms with E-state index in [2.05, 4.69) is 6.42 Å². The molecule has 0 aromatic carbocycles. The summed E-state index contributed by atoms with van der Waals surface area (Å²) in [6.45, 7) is 0.882. The highest BCUT2D eigenvalue weighted by Crippen LogP contribution is 2.00. The van der Waals surface area contributed by atoms with Gasteiger partial charge < -0.3 is 4.74 Å². The summed E-state index contributed by atoms with van der Waals surface area (Å²) in [5.74, 6) is 0. The zero-order valence-corrected chi connectivity index (χ0v) is 4.26. The SMILES string of the molecule is [CH]1C=COCCC1. The lowest BCUT2D eigenvalue weighted by Crippen LogP contribution is -1.81. The van der Waals surface area contributed by atoms with E-state index in [1.54, 1.807) is 6.26 Å². The molecule has 0 aromatic heterocycles. The molecule has 0 spiro atoms. The van der Waals surface area contributed by atoms with Gasteiger partial charge in [0.25, 0.3) is 0 Å². The first kappa shape index (κ1) is 4.69. The predicted molar refractivity (Wildman–Crippen MR) is 28.6 cm³/mol. The Morgan fingerprint density at radius 2 is 2.43 bits per heavy atom. The van der Waals surface area contributed by atoms with Gasteiger partial charge in [-0.3, -0.25) is 0 Å². The summed E-state index contributed by atoms with van der Waals surface area (Å²) >= 11 is 0. The topological polar surface area (TPSA) is 9.23 Å². The van der Waals surface area contributed by atoms with E-state index in [0.717, 1.165) is 19.4 Å². The molecule has 1 aliphatic heterocycles. The molecule has 0 N–H and O–H groups in total. The number of hydrogen-bond donors (Lipinski definition) is 0. The van der Waals surface area contributed by atoms with Gasteiger partial charge in [-0.25, -0.2) is 0 Å². The van der Waals surface area contributed by atoms with Crippen LogP contribution in [-0.4, -0.2) is 6.61 Å². The molecule has 0 aromatic rings. The second-order valence-electron chi connectivity index (χ2n) is 1.58. The minimum absolute atomic E-state index is 0.882. The van der Waals surface area contributed by atoms with E-state index < -0.39 is 0 Å². The van der Waals surface area contributed by atoms with Gasteiger partial charge >= 0.3 is 0 Å². The molecule has 0 saturated heterocycles. The molecule has 0 amide bonds. The monoisotopic (exact) mass is 97.1 g/mol. The molecular weight excluding hydrogens is 88.1 g/mol. The largest absolute Gasteiger partial charge is 0.502 e. The summed E-state index contributed by atoms with van der Waals surface area (Å²) < 4.78 is 4.98. The third-order valence-corrected chi connectivity index (χ3v) is 0.944. The Bertz CT molecular complexity index is 58.6. The minimum atomic E-state index is 0.882. The summed E-state index contributed by atoms with van der Waals surface area (Å²) in [6, 6.07) is 0. The standard InChI is InChI=1S/C6H9O/c1-2-4-6-7-5-3-1/h1,3,5H,2,4,6H2. The summed E-state index contributed by atoms with van der Waals surface area (Å²) in [5.41, 5.74) is 0. The van der Waals surface area contributed by atoms with Crippen molar-refractivity contribution in [2.24, 2.45) is 0 Å². The second kappa shape index (κ2) is 2.67. The summed E-state index contributed by atoms with van der Waals surface area (Å²) in [4.78, 5) is 0. The van der Waals surface area contributed by atoms with Crippen molar-refractivity contribution in [2.75, 3.05) is 6.61 Å². The number of ether oxygens (including phenoxy) is 1. The van der Waals surface area contributed by atoms with Crippen molar-refractivity contribution in [2.45, 2.75) is 12.8 Å². The van der Waals surface area contributed by atoms with Gasteiger partial charge in [-0.2, -0.15) is 0 Å². The molecule has 1 rings (SSSR count). The van der Waals surface area contributed by atoms with Gasteiger partial charge in [0.2, 0.25) is 0 Å². The van der Waals surface area contributed by atoms with E-state index in [9.17, 15) is 0 Å². The molecule has 0 fully saturated rings. The maximum absolute atomic E-state index is 4.98. The van der Waals surface area contributed by atoms with Crippen molar-refractivity contribution in [3.8, 4) is 0 Å². The first-order valence-electron chi connectivity index (χ1n) is 2.60. The Morgan fingerprint density at radius 1 is 1.43 bits per heavy atom. The average Bonchev–Trinajstić information content (AvgIpc) is 1.90.